The molecule has 0 aliphatic rings. The van der Waals surface area contributed by atoms with Gasteiger partial charge in [0, 0.05) is 33.5 Å². The molecule has 2 amide bonds. The molecule has 6 nitrogen and oxygen atoms in total. The van der Waals surface area contributed by atoms with Crippen LogP contribution in [0.2, 0.25) is 0 Å². The maximum Gasteiger partial charge on any atom is 0.243 e. The lowest BCUT2D eigenvalue weighted by atomic mass is 10.1. The van der Waals surface area contributed by atoms with E-state index in [1.165, 1.54) is 25.8 Å². The maximum absolute atomic E-state index is 11.8. The van der Waals surface area contributed by atoms with Gasteiger partial charge in [0.25, 0.3) is 0 Å². The Kier molecular flexibility index (Phi) is 19.5. The van der Waals surface area contributed by atoms with E-state index in [9.17, 15) is 14.4 Å². The second-order valence-electron chi connectivity index (χ2n) is 3.95. The fourth-order valence-electron chi connectivity index (χ4n) is 1.33. The number of nitrogens with one attached hydrogen (secondary N) is 2. The molecule has 0 aliphatic heterocycles. The highest BCUT2D eigenvalue weighted by atomic mass is 16.2. The fourth-order valence-corrected chi connectivity index (χ4v) is 1.33. The van der Waals surface area contributed by atoms with Crippen LogP contribution in [0.25, 0.3) is 0 Å². The Morgan fingerprint density at radius 1 is 1.00 bits per heavy atom. The van der Waals surface area contributed by atoms with Gasteiger partial charge in [-0.05, 0) is 14.0 Å². The molecule has 21 heavy (non-hydrogen) atoms. The lowest BCUT2D eigenvalue weighted by Crippen LogP contribution is -2.48. The first-order chi connectivity index (χ1) is 9.90. The Morgan fingerprint density at radius 2 is 1.48 bits per heavy atom. The van der Waals surface area contributed by atoms with Gasteiger partial charge in [0.2, 0.25) is 11.8 Å². The van der Waals surface area contributed by atoms with Gasteiger partial charge in [-0.25, -0.2) is 0 Å². The lowest BCUT2D eigenvalue weighted by Gasteiger charge is -2.25. The molecule has 0 saturated heterocycles. The van der Waals surface area contributed by atoms with E-state index in [0.29, 0.717) is 13.1 Å². The first-order valence-corrected chi connectivity index (χ1v) is 7.55. The summed E-state index contributed by atoms with van der Waals surface area (Å²) < 4.78 is 0. The summed E-state index contributed by atoms with van der Waals surface area (Å²) in [5.74, 6) is -0.653. The Bertz CT molecular complexity index is 294. The van der Waals surface area contributed by atoms with E-state index in [1.807, 2.05) is 27.7 Å². The van der Waals surface area contributed by atoms with Gasteiger partial charge < -0.3 is 15.5 Å². The molecule has 1 atom stereocenters. The fraction of sp³-hybridized carbons (Fsp3) is 0.800. The molecule has 0 bridgehead atoms. The minimum absolute atomic E-state index is 0.0431. The average molecular weight is 303 g/mol. The largest absolute Gasteiger partial charge is 0.353 e. The highest BCUT2D eigenvalue weighted by Gasteiger charge is 2.25. The van der Waals surface area contributed by atoms with Crippen LogP contribution < -0.4 is 10.6 Å². The number of ketones is 1. The minimum atomic E-state index is -0.721. The van der Waals surface area contributed by atoms with Crippen LogP contribution in [0.1, 0.15) is 48.0 Å². The van der Waals surface area contributed by atoms with E-state index in [1.54, 1.807) is 7.05 Å². The predicted molar refractivity (Wildman–Crippen MR) is 87.2 cm³/mol. The summed E-state index contributed by atoms with van der Waals surface area (Å²) in [5, 5.41) is 5.57. The maximum atomic E-state index is 11.8. The van der Waals surface area contributed by atoms with Crippen molar-refractivity contribution in [3.8, 4) is 0 Å². The third-order valence-corrected chi connectivity index (χ3v) is 2.42. The molecule has 126 valence electrons. The monoisotopic (exact) mass is 303 g/mol. The first-order valence-electron chi connectivity index (χ1n) is 7.55. The van der Waals surface area contributed by atoms with Gasteiger partial charge in [0.1, 0.15) is 11.8 Å². The van der Waals surface area contributed by atoms with Crippen molar-refractivity contribution >= 4 is 17.6 Å². The first kappa shape index (κ1) is 24.6. The molecule has 0 saturated carbocycles. The Morgan fingerprint density at radius 3 is 1.81 bits per heavy atom. The second kappa shape index (κ2) is 16.6. The van der Waals surface area contributed by atoms with E-state index >= 15 is 0 Å². The molecule has 0 spiro atoms. The Hall–Kier alpha value is -1.43. The van der Waals surface area contributed by atoms with Crippen molar-refractivity contribution in [2.24, 2.45) is 0 Å². The second-order valence-corrected chi connectivity index (χ2v) is 3.95. The summed E-state index contributed by atoms with van der Waals surface area (Å²) in [6, 6.07) is -0.721. The van der Waals surface area contributed by atoms with Gasteiger partial charge in [-0.2, -0.15) is 0 Å². The van der Waals surface area contributed by atoms with E-state index in [4.69, 9.17) is 0 Å². The number of amides is 2. The molecule has 0 radical (unpaired) electrons. The standard InChI is InChI=1S/C11H21N3O3.2C2H6/c1-8(15)7-10(14(4)9(2)16)11(17)13-6-5-12-3;2*1-2/h10,12H,5-7H2,1-4H3,(H,13,17);2*1-2H3/t10-;;/m0../s1. The third kappa shape index (κ3) is 13.3. The van der Waals surface area contributed by atoms with Crippen LogP contribution in [0.4, 0.5) is 0 Å². The van der Waals surface area contributed by atoms with Crippen LogP contribution in [0.5, 0.6) is 0 Å². The normalized spacial score (nSPS) is 10.1. The number of hydrogen-bond donors (Lipinski definition) is 2. The van der Waals surface area contributed by atoms with Crippen molar-refractivity contribution in [1.82, 2.24) is 15.5 Å². The van der Waals surface area contributed by atoms with Crippen molar-refractivity contribution in [1.29, 1.82) is 0 Å². The molecule has 2 N–H and O–H groups in total. The molecule has 0 unspecified atom stereocenters. The van der Waals surface area contributed by atoms with Crippen LogP contribution in [-0.4, -0.2) is 55.7 Å². The molecule has 0 aromatic rings. The SMILES string of the molecule is CC.CC.CNCCNC(=O)[C@H](CC(C)=O)N(C)C(C)=O. The summed E-state index contributed by atoms with van der Waals surface area (Å²) in [4.78, 5) is 35.4. The molecule has 0 aromatic carbocycles. The molecular weight excluding hydrogens is 270 g/mol. The number of Topliss-reactive ketones (excluding diaryl/α,β-unsaturated/α-hetero) is 1. The zero-order valence-electron chi connectivity index (χ0n) is 14.9. The molecule has 0 fully saturated rings. The van der Waals surface area contributed by atoms with Crippen molar-refractivity contribution in [3.05, 3.63) is 0 Å². The van der Waals surface area contributed by atoms with Crippen LogP contribution in [0, 0.1) is 0 Å². The molecule has 6 heteroatoms. The number of hydrogen-bond acceptors (Lipinski definition) is 4. The summed E-state index contributed by atoms with van der Waals surface area (Å²) >= 11 is 0. The van der Waals surface area contributed by atoms with Crippen molar-refractivity contribution in [3.63, 3.8) is 0 Å². The summed E-state index contributed by atoms with van der Waals surface area (Å²) in [6.45, 7) is 11.9. The van der Waals surface area contributed by atoms with Crippen LogP contribution in [0.15, 0.2) is 0 Å². The van der Waals surface area contributed by atoms with E-state index in [0.717, 1.165) is 0 Å². The number of carbonyl (C=O) groups excluding carboxylic acids is 3. The van der Waals surface area contributed by atoms with E-state index in [2.05, 4.69) is 10.6 Å². The topological polar surface area (TPSA) is 78.5 Å². The van der Waals surface area contributed by atoms with Gasteiger partial charge >= 0.3 is 0 Å². The Balaban J connectivity index is -0.000000739. The molecule has 0 rings (SSSR count). The van der Waals surface area contributed by atoms with E-state index < -0.39 is 6.04 Å². The van der Waals surface area contributed by atoms with Gasteiger partial charge in [0.15, 0.2) is 0 Å². The number of likely N-dealkylation sites (N-methyl/N-ethyl adjacent to an activating group) is 2. The lowest BCUT2D eigenvalue weighted by molar-refractivity contribution is -0.139. The van der Waals surface area contributed by atoms with Crippen LogP contribution >= 0.6 is 0 Å². The molecule has 0 aliphatic carbocycles. The summed E-state index contributed by atoms with van der Waals surface area (Å²) in [5.41, 5.74) is 0. The smallest absolute Gasteiger partial charge is 0.243 e. The van der Waals surface area contributed by atoms with Gasteiger partial charge in [-0.1, -0.05) is 27.7 Å². The third-order valence-electron chi connectivity index (χ3n) is 2.42. The van der Waals surface area contributed by atoms with Gasteiger partial charge in [0.05, 0.1) is 0 Å². The number of nitrogens with zero attached hydrogens (tertiary/aromatic N) is 1. The van der Waals surface area contributed by atoms with Gasteiger partial charge in [-0.15, -0.1) is 0 Å². The van der Waals surface area contributed by atoms with Crippen LogP contribution in [-0.2, 0) is 14.4 Å². The Labute approximate surface area is 129 Å². The van der Waals surface area contributed by atoms with Crippen molar-refractivity contribution < 1.29 is 14.4 Å². The minimum Gasteiger partial charge on any atom is -0.353 e. The van der Waals surface area contributed by atoms with E-state index in [-0.39, 0.29) is 24.0 Å². The predicted octanol–water partition coefficient (Wildman–Crippen LogP) is 1.20. The van der Waals surface area contributed by atoms with Crippen LogP contribution in [0.3, 0.4) is 0 Å². The quantitative estimate of drug-likeness (QED) is 0.693. The summed E-state index contributed by atoms with van der Waals surface area (Å²) in [6.07, 6.45) is 0.0431. The molecule has 0 aromatic heterocycles. The van der Waals surface area contributed by atoms with Gasteiger partial charge in [-0.3, -0.25) is 14.4 Å². The molecule has 0 heterocycles. The number of carbonyl (C=O) groups is 3. The number of rotatable bonds is 7. The highest BCUT2D eigenvalue weighted by molar-refractivity contribution is 5.91. The summed E-state index contributed by atoms with van der Waals surface area (Å²) in [7, 11) is 3.30. The molecular formula is C15H33N3O3. The van der Waals surface area contributed by atoms with Crippen molar-refractivity contribution in [2.45, 2.75) is 54.0 Å². The zero-order valence-corrected chi connectivity index (χ0v) is 14.9. The van der Waals surface area contributed by atoms with Crippen molar-refractivity contribution in [2.75, 3.05) is 27.2 Å². The average Bonchev–Trinajstić information content (AvgIpc) is 2.48. The highest BCUT2D eigenvalue weighted by Crippen LogP contribution is 2.03. The zero-order chi connectivity index (χ0) is 17.4.